The maximum atomic E-state index is 14.1. The van der Waals surface area contributed by atoms with Crippen molar-refractivity contribution in [1.82, 2.24) is 31.6 Å². The predicted octanol–water partition coefficient (Wildman–Crippen LogP) is 2.53. The monoisotopic (exact) mass is 680 g/mol. The Labute approximate surface area is 287 Å². The fourth-order valence-corrected chi connectivity index (χ4v) is 6.48. The first-order chi connectivity index (χ1) is 23.1. The molecule has 2 heterocycles. The van der Waals surface area contributed by atoms with Crippen molar-refractivity contribution in [3.05, 3.63) is 36.0 Å². The summed E-state index contributed by atoms with van der Waals surface area (Å²) in [6.07, 6.45) is 6.68. The van der Waals surface area contributed by atoms with Crippen LogP contribution in [0, 0.1) is 11.8 Å². The van der Waals surface area contributed by atoms with E-state index < -0.39 is 77.7 Å². The Morgan fingerprint density at radius 1 is 0.796 bits per heavy atom. The van der Waals surface area contributed by atoms with E-state index >= 15 is 0 Å². The Hall–Kier alpha value is -4.42. The van der Waals surface area contributed by atoms with Crippen molar-refractivity contribution < 1.29 is 33.5 Å². The molecule has 2 aliphatic rings. The fourth-order valence-electron chi connectivity index (χ4n) is 6.48. The topological polar surface area (TPSA) is 188 Å². The molecule has 268 valence electrons. The molecule has 2 fully saturated rings. The number of H-pyrrole nitrogens is 1. The number of hydrogen-bond acceptors (Lipinski definition) is 7. The first-order valence-electron chi connectivity index (χ1n) is 17.4. The molecule has 0 bridgehead atoms. The molecule has 1 aromatic heterocycles. The summed E-state index contributed by atoms with van der Waals surface area (Å²) in [6.45, 7) is 10.0. The number of nitrogens with one attached hydrogen (secondary N) is 6. The van der Waals surface area contributed by atoms with Crippen LogP contribution in [0.5, 0.6) is 0 Å². The van der Waals surface area contributed by atoms with Crippen molar-refractivity contribution in [3.63, 3.8) is 0 Å². The number of benzene rings is 1. The third-order valence-electron chi connectivity index (χ3n) is 9.08. The van der Waals surface area contributed by atoms with Gasteiger partial charge in [-0.1, -0.05) is 64.2 Å². The molecular formula is C36H52N6O7. The van der Waals surface area contributed by atoms with Gasteiger partial charge in [0, 0.05) is 23.5 Å². The highest BCUT2D eigenvalue weighted by atomic mass is 16.6. The lowest BCUT2D eigenvalue weighted by Gasteiger charge is -2.30. The number of para-hydroxylation sites is 1. The molecule has 1 aromatic carbocycles. The van der Waals surface area contributed by atoms with Gasteiger partial charge in [-0.05, 0) is 57.6 Å². The van der Waals surface area contributed by atoms with E-state index in [0.29, 0.717) is 6.42 Å². The standard InChI is InChI=1S/C36H52N6O7/c1-20(2)30-35(48)41-26(16-22-12-8-7-9-13-22)33(46)39-27(17-23-19-37-25-15-11-10-14-24(23)25)34(47)40-28(18-29(43)49-36(4,5)6)32(45)38-21(3)31(44)42-30/h10-11,14-15,19-22,26-28,30,37H,7-9,12-13,16-18H2,1-6H3,(H,38,45)(H,39,46)(H,40,47)(H,41,48)(H,42,44)/t21-,26-,27+,28+,30+/m0/s1. The summed E-state index contributed by atoms with van der Waals surface area (Å²) >= 11 is 0. The zero-order valence-corrected chi connectivity index (χ0v) is 29.4. The Balaban J connectivity index is 1.73. The second kappa shape index (κ2) is 16.3. The van der Waals surface area contributed by atoms with E-state index in [4.69, 9.17) is 4.74 Å². The number of hydrogen-bond donors (Lipinski definition) is 6. The normalized spacial score (nSPS) is 25.4. The maximum absolute atomic E-state index is 14.1. The quantitative estimate of drug-likeness (QED) is 0.243. The molecule has 5 atom stereocenters. The van der Waals surface area contributed by atoms with Crippen LogP contribution < -0.4 is 26.6 Å². The summed E-state index contributed by atoms with van der Waals surface area (Å²) < 4.78 is 5.44. The molecule has 1 aliphatic heterocycles. The number of amides is 5. The second-order valence-corrected chi connectivity index (χ2v) is 14.7. The number of fused-ring (bicyclic) bond motifs is 1. The van der Waals surface area contributed by atoms with Gasteiger partial charge in [0.05, 0.1) is 6.42 Å². The molecule has 0 unspecified atom stereocenters. The van der Waals surface area contributed by atoms with E-state index in [1.807, 2.05) is 24.3 Å². The van der Waals surface area contributed by atoms with Crippen molar-refractivity contribution in [3.8, 4) is 0 Å². The molecule has 1 aliphatic carbocycles. The van der Waals surface area contributed by atoms with Gasteiger partial charge in [0.25, 0.3) is 0 Å². The minimum absolute atomic E-state index is 0.0531. The van der Waals surface area contributed by atoms with E-state index in [-0.39, 0.29) is 18.3 Å². The number of carbonyl (C=O) groups is 6. The van der Waals surface area contributed by atoms with Crippen molar-refractivity contribution >= 4 is 46.4 Å². The van der Waals surface area contributed by atoms with E-state index in [0.717, 1.165) is 48.6 Å². The summed E-state index contributed by atoms with van der Waals surface area (Å²) in [5, 5.41) is 14.6. The van der Waals surface area contributed by atoms with Crippen LogP contribution in [0.15, 0.2) is 30.5 Å². The molecule has 49 heavy (non-hydrogen) atoms. The van der Waals surface area contributed by atoms with Gasteiger partial charge in [-0.2, -0.15) is 0 Å². The number of ether oxygens (including phenoxy) is 1. The number of esters is 1. The van der Waals surface area contributed by atoms with Crippen LogP contribution >= 0.6 is 0 Å². The molecule has 5 amide bonds. The fraction of sp³-hybridized carbons (Fsp3) is 0.611. The summed E-state index contributed by atoms with van der Waals surface area (Å²) in [5.74, 6) is -4.12. The van der Waals surface area contributed by atoms with Crippen molar-refractivity contribution in [1.29, 1.82) is 0 Å². The Kier molecular flexibility index (Phi) is 12.5. The van der Waals surface area contributed by atoms with Gasteiger partial charge < -0.3 is 36.3 Å². The molecule has 0 spiro atoms. The number of rotatable bonds is 7. The predicted molar refractivity (Wildman–Crippen MR) is 184 cm³/mol. The van der Waals surface area contributed by atoms with Gasteiger partial charge in [-0.25, -0.2) is 0 Å². The summed E-state index contributed by atoms with van der Waals surface area (Å²) in [7, 11) is 0. The van der Waals surface area contributed by atoms with Crippen LogP contribution in [-0.2, 0) is 39.9 Å². The lowest BCUT2D eigenvalue weighted by Crippen LogP contribution is -2.59. The maximum Gasteiger partial charge on any atom is 0.308 e. The van der Waals surface area contributed by atoms with Gasteiger partial charge in [0.1, 0.15) is 35.8 Å². The van der Waals surface area contributed by atoms with Crippen LogP contribution in [0.25, 0.3) is 10.9 Å². The van der Waals surface area contributed by atoms with Crippen LogP contribution in [-0.4, -0.2) is 76.3 Å². The Bertz CT molecular complexity index is 1520. The lowest BCUT2D eigenvalue weighted by molar-refractivity contribution is -0.156. The van der Waals surface area contributed by atoms with E-state index in [2.05, 4.69) is 31.6 Å². The number of aromatic nitrogens is 1. The molecule has 1 saturated carbocycles. The lowest BCUT2D eigenvalue weighted by atomic mass is 9.84. The Morgan fingerprint density at radius 2 is 1.41 bits per heavy atom. The molecule has 4 rings (SSSR count). The molecule has 13 heteroatoms. The number of carbonyl (C=O) groups excluding carboxylic acids is 6. The third-order valence-corrected chi connectivity index (χ3v) is 9.08. The van der Waals surface area contributed by atoms with Crippen LogP contribution in [0.1, 0.15) is 92.1 Å². The zero-order valence-electron chi connectivity index (χ0n) is 29.4. The average Bonchev–Trinajstić information content (AvgIpc) is 3.43. The van der Waals surface area contributed by atoms with Crippen molar-refractivity contribution in [2.75, 3.05) is 0 Å². The molecule has 2 aromatic rings. The highest BCUT2D eigenvalue weighted by Crippen LogP contribution is 2.28. The largest absolute Gasteiger partial charge is 0.460 e. The van der Waals surface area contributed by atoms with Gasteiger partial charge in [-0.15, -0.1) is 0 Å². The first kappa shape index (κ1) is 37.4. The molecular weight excluding hydrogens is 628 g/mol. The van der Waals surface area contributed by atoms with E-state index in [1.165, 1.54) is 6.92 Å². The van der Waals surface area contributed by atoms with E-state index in [1.54, 1.807) is 40.8 Å². The summed E-state index contributed by atoms with van der Waals surface area (Å²) in [4.78, 5) is 84.9. The third kappa shape index (κ3) is 10.5. The molecule has 6 N–H and O–H groups in total. The van der Waals surface area contributed by atoms with Crippen LogP contribution in [0.2, 0.25) is 0 Å². The van der Waals surface area contributed by atoms with Crippen LogP contribution in [0.4, 0.5) is 0 Å². The van der Waals surface area contributed by atoms with Crippen molar-refractivity contribution in [2.45, 2.75) is 129 Å². The van der Waals surface area contributed by atoms with Gasteiger partial charge in [0.15, 0.2) is 0 Å². The van der Waals surface area contributed by atoms with E-state index in [9.17, 15) is 28.8 Å². The second-order valence-electron chi connectivity index (χ2n) is 14.7. The van der Waals surface area contributed by atoms with Crippen LogP contribution in [0.3, 0.4) is 0 Å². The zero-order chi connectivity index (χ0) is 35.9. The minimum atomic E-state index is -1.43. The summed E-state index contributed by atoms with van der Waals surface area (Å²) in [5.41, 5.74) is 0.741. The highest BCUT2D eigenvalue weighted by Gasteiger charge is 2.36. The number of aromatic amines is 1. The van der Waals surface area contributed by atoms with Gasteiger partial charge in [-0.3, -0.25) is 28.8 Å². The highest BCUT2D eigenvalue weighted by molar-refractivity contribution is 5.99. The summed E-state index contributed by atoms with van der Waals surface area (Å²) in [6, 6.07) is 1.83. The minimum Gasteiger partial charge on any atom is -0.460 e. The first-order valence-corrected chi connectivity index (χ1v) is 17.4. The molecule has 0 radical (unpaired) electrons. The van der Waals surface area contributed by atoms with Gasteiger partial charge in [0.2, 0.25) is 29.5 Å². The molecule has 13 nitrogen and oxygen atoms in total. The van der Waals surface area contributed by atoms with Gasteiger partial charge >= 0.3 is 5.97 Å². The SMILES string of the molecule is CC(C)[C@H]1NC(=O)[C@H](C)NC(=O)[C@@H](CC(=O)OC(C)(C)C)NC(=O)[C@@H](Cc2c[nH]c3ccccc23)NC(=O)[C@H](CC2CCCCC2)NC1=O. The average molecular weight is 681 g/mol. The smallest absolute Gasteiger partial charge is 0.308 e. The van der Waals surface area contributed by atoms with Crippen molar-refractivity contribution in [2.24, 2.45) is 11.8 Å². The Morgan fingerprint density at radius 3 is 2.08 bits per heavy atom. The molecule has 1 saturated heterocycles.